The Kier molecular flexibility index (Phi) is 47.7. The van der Waals surface area contributed by atoms with Crippen LogP contribution in [-0.2, 0) is 118 Å². The van der Waals surface area contributed by atoms with Crippen molar-refractivity contribution in [3.63, 3.8) is 0 Å². The zero-order valence-corrected chi connectivity index (χ0v) is 90.8. The molecule has 0 amide bonds. The van der Waals surface area contributed by atoms with Gasteiger partial charge in [-0.05, 0) is 214 Å². The van der Waals surface area contributed by atoms with E-state index in [0.717, 1.165) is 58.7 Å². The molecule has 2 unspecified atom stereocenters. The normalized spacial score (nSPS) is 13.2. The highest BCUT2D eigenvalue weighted by molar-refractivity contribution is 7.91. The van der Waals surface area contributed by atoms with Gasteiger partial charge in [0.15, 0.2) is 0 Å². The summed E-state index contributed by atoms with van der Waals surface area (Å²) in [5, 5.41) is 0. The second-order valence-electron chi connectivity index (χ2n) is 34.7. The van der Waals surface area contributed by atoms with Crippen molar-refractivity contribution in [1.82, 2.24) is 45.3 Å². The van der Waals surface area contributed by atoms with Crippen LogP contribution < -0.4 is 4.72 Å². The highest BCUT2D eigenvalue weighted by Gasteiger charge is 2.36. The molecule has 0 bridgehead atoms. The maximum atomic E-state index is 14.6. The highest BCUT2D eigenvalue weighted by Crippen LogP contribution is 2.28. The largest absolute Gasteiger partial charge is 0.375 e. The first kappa shape index (κ1) is 120. The molecule has 0 radical (unpaired) electrons. The van der Waals surface area contributed by atoms with Crippen molar-refractivity contribution in [1.29, 1.82) is 0 Å². The van der Waals surface area contributed by atoms with E-state index in [4.69, 9.17) is 27.3 Å². The zero-order valence-electron chi connectivity index (χ0n) is 83.5. The molecule has 0 fully saturated rings. The number of benzene rings is 9. The van der Waals surface area contributed by atoms with E-state index in [2.05, 4.69) is 17.9 Å². The van der Waals surface area contributed by atoms with Crippen LogP contribution in [0.2, 0.25) is 0 Å². The molecule has 0 aliphatic heterocycles. The average Bonchev–Trinajstić information content (AvgIpc) is 0.762. The van der Waals surface area contributed by atoms with Crippen LogP contribution in [0.1, 0.15) is 50.1 Å². The van der Waals surface area contributed by atoms with Crippen molar-refractivity contribution in [2.75, 3.05) is 200 Å². The minimum Gasteiger partial charge on any atom is -0.375 e. The predicted molar refractivity (Wildman–Crippen MR) is 552 cm³/mol. The zero-order chi connectivity index (χ0) is 105. The van der Waals surface area contributed by atoms with Gasteiger partial charge in [-0.2, -0.15) is 42.7 Å². The summed E-state index contributed by atoms with van der Waals surface area (Å²) in [5.74, 6) is 0. The van der Waals surface area contributed by atoms with Crippen LogP contribution in [0.15, 0.2) is 288 Å². The maximum Gasteiger partial charge on any atom is 0.297 e. The van der Waals surface area contributed by atoms with Gasteiger partial charge in [0, 0.05) is 105 Å². The van der Waals surface area contributed by atoms with Crippen LogP contribution in [0.4, 0.5) is 0 Å². The Bertz CT molecular complexity index is 6570. The number of ether oxygens (including phenoxy) is 4. The summed E-state index contributed by atoms with van der Waals surface area (Å²) in [4.78, 5) is 5.81. The van der Waals surface area contributed by atoms with Gasteiger partial charge in [0.05, 0.1) is 109 Å². The molecule has 0 aromatic heterocycles. The molecule has 9 aromatic rings. The van der Waals surface area contributed by atoms with Crippen molar-refractivity contribution in [3.8, 4) is 0 Å². The van der Waals surface area contributed by atoms with Gasteiger partial charge in [0.25, 0.3) is 20.2 Å². The molecule has 0 heterocycles. The van der Waals surface area contributed by atoms with E-state index in [0.29, 0.717) is 31.1 Å². The third kappa shape index (κ3) is 38.0. The molecule has 0 aliphatic rings. The number of hydrogen-bond donors (Lipinski definition) is 1. The molecule has 2 atom stereocenters. The molecule has 43 heteroatoms. The summed E-state index contributed by atoms with van der Waals surface area (Å²) in [6.07, 6.45) is 1.03. The second-order valence-corrected chi connectivity index (χ2v) is 51.3. The minimum absolute atomic E-state index is 0.00461. The third-order valence-electron chi connectivity index (χ3n) is 22.0. The van der Waals surface area contributed by atoms with E-state index in [1.807, 2.05) is 91.6 Å². The Morgan fingerprint density at radius 2 is 0.451 bits per heavy atom. The van der Waals surface area contributed by atoms with Gasteiger partial charge in [-0.15, -0.1) is 13.2 Å². The summed E-state index contributed by atoms with van der Waals surface area (Å²) in [5.41, 5.74) is 7.84. The van der Waals surface area contributed by atoms with Crippen molar-refractivity contribution in [3.05, 3.63) is 294 Å². The topological polar surface area (TPSA) is 404 Å². The molecule has 0 spiro atoms. The summed E-state index contributed by atoms with van der Waals surface area (Å²) < 4.78 is 289. The van der Waals surface area contributed by atoms with E-state index >= 15 is 0 Å². The van der Waals surface area contributed by atoms with Gasteiger partial charge in [0.2, 0.25) is 70.2 Å². The monoisotopic (exact) mass is 2140 g/mol. The van der Waals surface area contributed by atoms with Crippen molar-refractivity contribution in [2.24, 2.45) is 0 Å². The van der Waals surface area contributed by atoms with E-state index in [1.54, 1.807) is 149 Å². The Labute approximate surface area is 844 Å². The Balaban J connectivity index is 0.000000335. The van der Waals surface area contributed by atoms with Crippen LogP contribution in [0.5, 0.6) is 0 Å². The van der Waals surface area contributed by atoms with Gasteiger partial charge < -0.3 is 33.6 Å². The first-order chi connectivity index (χ1) is 66.7. The Hall–Kier alpha value is -8.63. The second kappa shape index (κ2) is 56.3. The fourth-order valence-electron chi connectivity index (χ4n) is 13.5. The number of sulfonamides is 7. The lowest BCUT2D eigenvalue weighted by Crippen LogP contribution is -2.47. The molecule has 9 aromatic carbocycles. The molecule has 782 valence electrons. The molecular formula is C99H138N10O24S9. The van der Waals surface area contributed by atoms with Gasteiger partial charge >= 0.3 is 0 Å². The first-order valence-corrected chi connectivity index (χ1v) is 58.6. The van der Waals surface area contributed by atoms with Gasteiger partial charge in [-0.25, -0.2) is 63.6 Å². The lowest BCUT2D eigenvalue weighted by Gasteiger charge is -2.31. The van der Waals surface area contributed by atoms with Crippen LogP contribution in [0.3, 0.4) is 0 Å². The van der Waals surface area contributed by atoms with Crippen LogP contribution in [-0.4, -0.2) is 328 Å². The van der Waals surface area contributed by atoms with E-state index in [9.17, 15) is 75.8 Å². The van der Waals surface area contributed by atoms with E-state index in [1.165, 1.54) is 126 Å². The van der Waals surface area contributed by atoms with Crippen LogP contribution >= 0.6 is 0 Å². The fourth-order valence-corrected chi connectivity index (χ4v) is 24.9. The fraction of sp³-hybridized carbons (Fsp3) is 0.414. The average molecular weight is 2140 g/mol. The molecule has 34 nitrogen and oxygen atoms in total. The standard InChI is InChI=1S/C48H70N6O10S4.C40H50N2O12S4.C11H18N2O2S/c1-10-36-63-39-44(38-54(68(61,62)48-25-17-43(5)18-26-48)34-33-52(30-28-50(8)9)66(57,58)46-21-13-41(3)14-22-46)64-37-35-53(67(59,60)47-23-15-42(4)16-24-47)32-31-51(29-27-49(6)7)65(55,56)45-19-11-40(2)12-20-45;1-6-26-51-31-36(30-42(56(45,46)38-17-9-33(3)10-18-38)25-29-54-58(49,50)40-21-13-35(5)14-22-40)52-27-23-41(55(43,44)37-15-7-32(2)8-16-37)24-28-53-57(47,48)39-19-11-34(4)12-20-39;1-10-4-6-11(7-5-10)16(14,15)12-8-9-13(2)3/h10-26,44H,1,27-39H2,2-9H3;6-22,36H,1,23-31H2,2-5H3;4-7,12H,8-9H2,1-3H3. The first-order valence-electron chi connectivity index (χ1n) is 45.7. The molecule has 9 rings (SSSR count). The number of rotatable bonds is 59. The molecule has 0 aliphatic carbocycles. The van der Waals surface area contributed by atoms with Gasteiger partial charge in [0.1, 0.15) is 0 Å². The number of hydrogen-bond acceptors (Lipinski definition) is 27. The number of nitrogens with one attached hydrogen (secondary N) is 1. The minimum atomic E-state index is -4.29. The van der Waals surface area contributed by atoms with E-state index < -0.39 is 122 Å². The lowest BCUT2D eigenvalue weighted by molar-refractivity contribution is -0.0208. The predicted octanol–water partition coefficient (Wildman–Crippen LogP) is 10.5. The maximum absolute atomic E-state index is 14.6. The number of nitrogens with zero attached hydrogens (tertiary/aromatic N) is 9. The summed E-state index contributed by atoms with van der Waals surface area (Å²) in [6.45, 7) is 21.4. The summed E-state index contributed by atoms with van der Waals surface area (Å²) >= 11 is 0. The van der Waals surface area contributed by atoms with Gasteiger partial charge in [-0.3, -0.25) is 8.37 Å². The Morgan fingerprint density at radius 1 is 0.254 bits per heavy atom. The van der Waals surface area contributed by atoms with Crippen molar-refractivity contribution >= 4 is 90.4 Å². The van der Waals surface area contributed by atoms with Crippen LogP contribution in [0.25, 0.3) is 0 Å². The SMILES string of the molecule is C=CCOCC(CN(CCN(CCN(C)C)S(=O)(=O)c1ccc(C)cc1)S(=O)(=O)c1ccc(C)cc1)OCCN(CCN(CCN(C)C)S(=O)(=O)c1ccc(C)cc1)S(=O)(=O)c1ccc(C)cc1.C=CCOCC(CN(CCOS(=O)(=O)c1ccc(C)cc1)S(=O)(=O)c1ccc(C)cc1)OCCN(CCOS(=O)(=O)c1ccc(C)cc1)S(=O)(=O)c1ccc(C)cc1.Cc1ccc(S(=O)(=O)NCCN(C)C)cc1. The molecule has 1 N–H and O–H groups in total. The summed E-state index contributed by atoms with van der Waals surface area (Å²) in [6, 6.07) is 56.7. The van der Waals surface area contributed by atoms with Crippen molar-refractivity contribution in [2.45, 2.75) is 119 Å². The lowest BCUT2D eigenvalue weighted by atomic mass is 10.2. The van der Waals surface area contributed by atoms with Crippen molar-refractivity contribution < 1.29 is 103 Å². The van der Waals surface area contributed by atoms with Gasteiger partial charge in [-0.1, -0.05) is 171 Å². The van der Waals surface area contributed by atoms with Crippen LogP contribution in [0, 0.1) is 62.3 Å². The molecule has 0 saturated heterocycles. The number of aryl methyl sites for hydroxylation is 9. The third-order valence-corrected chi connectivity index (χ3v) is 37.5. The molecule has 142 heavy (non-hydrogen) atoms. The number of likely N-dealkylation sites (N-methyl/N-ethyl adjacent to an activating group) is 3. The Morgan fingerprint density at radius 3 is 0.704 bits per heavy atom. The quantitative estimate of drug-likeness (QED) is 0.0210. The molecule has 0 saturated carbocycles. The summed E-state index contributed by atoms with van der Waals surface area (Å²) in [7, 11) is -25.8. The highest BCUT2D eigenvalue weighted by atomic mass is 32.2. The smallest absolute Gasteiger partial charge is 0.297 e. The van der Waals surface area contributed by atoms with E-state index in [-0.39, 0.29) is 151 Å². The molecular weight excluding hydrogens is 2000 g/mol.